The Morgan fingerprint density at radius 2 is 0.571 bits per heavy atom. The number of unbranched alkanes of at least 4 members (excludes halogenated alkanes) is 14. The van der Waals surface area contributed by atoms with Crippen LogP contribution in [0.3, 0.4) is 0 Å². The zero-order valence-corrected chi connectivity index (χ0v) is 23.4. The van der Waals surface area contributed by atoms with Gasteiger partial charge in [-0.3, -0.25) is 0 Å². The Morgan fingerprint density at radius 1 is 0.321 bits per heavy atom. The van der Waals surface area contributed by atoms with Gasteiger partial charge in [-0.15, -0.1) is 0 Å². The molecule has 0 heterocycles. The largest absolute Gasteiger partial charge is 1.00 e. The SMILES string of the molecule is CCCCCCCCCCCCCC[P+](CCCC)(CCCC)CCCC.[I-]. The third kappa shape index (κ3) is 19.1. The van der Waals surface area contributed by atoms with E-state index in [1.54, 1.807) is 31.1 Å². The van der Waals surface area contributed by atoms with Crippen LogP contribution in [0.4, 0.5) is 0 Å². The van der Waals surface area contributed by atoms with Crippen LogP contribution in [-0.2, 0) is 0 Å². The average Bonchev–Trinajstić information content (AvgIpc) is 2.69. The van der Waals surface area contributed by atoms with E-state index in [9.17, 15) is 0 Å². The molecule has 0 bridgehead atoms. The van der Waals surface area contributed by atoms with E-state index in [2.05, 4.69) is 27.7 Å². The highest BCUT2D eigenvalue weighted by molar-refractivity contribution is 7.75. The fraction of sp³-hybridized carbons (Fsp3) is 1.00. The normalized spacial score (nSPS) is 11.6. The predicted molar refractivity (Wildman–Crippen MR) is 132 cm³/mol. The van der Waals surface area contributed by atoms with Crippen LogP contribution in [0.5, 0.6) is 0 Å². The molecule has 0 unspecified atom stereocenters. The van der Waals surface area contributed by atoms with E-state index >= 15 is 0 Å². The monoisotopic (exact) mass is 526 g/mol. The molecule has 0 aromatic heterocycles. The first kappa shape index (κ1) is 31.3. The molecule has 0 aliphatic rings. The molecule has 0 radical (unpaired) electrons. The van der Waals surface area contributed by atoms with Crippen molar-refractivity contribution in [1.29, 1.82) is 0 Å². The molecule has 0 rings (SSSR count). The standard InChI is InChI=1S/C26H56P.HI/c1-5-9-13-14-15-16-17-18-19-20-21-22-26-27(23-10-6-2,24-11-7-3)25-12-8-4;/h5-26H2,1-4H3;1H/q+1;/p-1. The summed E-state index contributed by atoms with van der Waals surface area (Å²) in [4.78, 5) is 0. The minimum Gasteiger partial charge on any atom is -1.00 e. The van der Waals surface area contributed by atoms with Crippen molar-refractivity contribution in [2.45, 2.75) is 143 Å². The highest BCUT2D eigenvalue weighted by atomic mass is 127. The van der Waals surface area contributed by atoms with Gasteiger partial charge in [-0.05, 0) is 32.1 Å². The fourth-order valence-electron chi connectivity index (χ4n) is 4.44. The van der Waals surface area contributed by atoms with E-state index in [4.69, 9.17) is 0 Å². The van der Waals surface area contributed by atoms with E-state index in [1.807, 2.05) is 0 Å². The summed E-state index contributed by atoms with van der Waals surface area (Å²) in [7, 11) is -0.626. The third-order valence-corrected chi connectivity index (χ3v) is 11.5. The molecule has 0 aromatic rings. The Bertz CT molecular complexity index is 258. The summed E-state index contributed by atoms with van der Waals surface area (Å²) in [5.41, 5.74) is 0. The second-order valence-electron chi connectivity index (χ2n) is 9.19. The Balaban J connectivity index is 0. The lowest BCUT2D eigenvalue weighted by Crippen LogP contribution is -3.00. The summed E-state index contributed by atoms with van der Waals surface area (Å²) >= 11 is 0. The molecular formula is C26H56IP. The molecule has 0 N–H and O–H groups in total. The van der Waals surface area contributed by atoms with Crippen molar-refractivity contribution < 1.29 is 24.0 Å². The summed E-state index contributed by atoms with van der Waals surface area (Å²) < 4.78 is 0. The topological polar surface area (TPSA) is 0 Å². The first-order chi connectivity index (χ1) is 13.2. The molecule has 0 aliphatic heterocycles. The second-order valence-corrected chi connectivity index (χ2v) is 13.7. The van der Waals surface area contributed by atoms with Crippen molar-refractivity contribution in [3.05, 3.63) is 0 Å². The molecule has 0 amide bonds. The van der Waals surface area contributed by atoms with Crippen LogP contribution in [0.15, 0.2) is 0 Å². The van der Waals surface area contributed by atoms with Gasteiger partial charge < -0.3 is 24.0 Å². The van der Waals surface area contributed by atoms with Crippen molar-refractivity contribution in [3.8, 4) is 0 Å². The van der Waals surface area contributed by atoms with E-state index in [-0.39, 0.29) is 24.0 Å². The maximum absolute atomic E-state index is 2.39. The van der Waals surface area contributed by atoms with Crippen molar-refractivity contribution in [3.63, 3.8) is 0 Å². The van der Waals surface area contributed by atoms with Gasteiger partial charge in [0, 0.05) is 7.26 Å². The summed E-state index contributed by atoms with van der Waals surface area (Å²) in [6, 6.07) is 0. The molecule has 0 saturated carbocycles. The van der Waals surface area contributed by atoms with Crippen molar-refractivity contribution in [2.75, 3.05) is 24.6 Å². The van der Waals surface area contributed by atoms with Crippen LogP contribution in [0.25, 0.3) is 0 Å². The van der Waals surface area contributed by atoms with Gasteiger partial charge in [0.2, 0.25) is 0 Å². The first-order valence-electron chi connectivity index (χ1n) is 13.1. The molecule has 0 aliphatic carbocycles. The Morgan fingerprint density at radius 3 is 0.893 bits per heavy atom. The van der Waals surface area contributed by atoms with Gasteiger partial charge in [0.25, 0.3) is 0 Å². The van der Waals surface area contributed by atoms with Gasteiger partial charge in [-0.25, -0.2) is 0 Å². The highest BCUT2D eigenvalue weighted by Crippen LogP contribution is 2.61. The van der Waals surface area contributed by atoms with Crippen molar-refractivity contribution in [2.24, 2.45) is 0 Å². The number of halogens is 1. The molecule has 0 saturated heterocycles. The van der Waals surface area contributed by atoms with Crippen LogP contribution in [0.1, 0.15) is 143 Å². The molecule has 0 nitrogen and oxygen atoms in total. The third-order valence-electron chi connectivity index (χ3n) is 6.44. The van der Waals surface area contributed by atoms with E-state index < -0.39 is 7.26 Å². The summed E-state index contributed by atoms with van der Waals surface area (Å²) in [6.45, 7) is 9.47. The molecule has 0 aromatic carbocycles. The van der Waals surface area contributed by atoms with Gasteiger partial charge in [0.05, 0.1) is 24.6 Å². The molecule has 172 valence electrons. The van der Waals surface area contributed by atoms with Gasteiger partial charge >= 0.3 is 0 Å². The van der Waals surface area contributed by atoms with Gasteiger partial charge in [0.15, 0.2) is 0 Å². The van der Waals surface area contributed by atoms with E-state index in [1.165, 1.54) is 109 Å². The van der Waals surface area contributed by atoms with Gasteiger partial charge in [-0.1, -0.05) is 111 Å². The predicted octanol–water partition coefficient (Wildman–Crippen LogP) is 7.11. The smallest absolute Gasteiger partial charge is 0.0594 e. The van der Waals surface area contributed by atoms with Crippen LogP contribution >= 0.6 is 7.26 Å². The minimum atomic E-state index is -0.626. The highest BCUT2D eigenvalue weighted by Gasteiger charge is 2.34. The van der Waals surface area contributed by atoms with Gasteiger partial charge in [0.1, 0.15) is 0 Å². The molecule has 0 fully saturated rings. The number of hydrogen-bond donors (Lipinski definition) is 0. The Hall–Kier alpha value is 1.16. The summed E-state index contributed by atoms with van der Waals surface area (Å²) in [5.74, 6) is 0. The maximum Gasteiger partial charge on any atom is 0.0594 e. The van der Waals surface area contributed by atoms with Crippen LogP contribution in [0.2, 0.25) is 0 Å². The molecule has 2 heteroatoms. The minimum absolute atomic E-state index is 0. The van der Waals surface area contributed by atoms with Crippen molar-refractivity contribution in [1.82, 2.24) is 0 Å². The van der Waals surface area contributed by atoms with Crippen LogP contribution < -0.4 is 24.0 Å². The molecule has 28 heavy (non-hydrogen) atoms. The van der Waals surface area contributed by atoms with Crippen molar-refractivity contribution >= 4 is 7.26 Å². The average molecular weight is 527 g/mol. The summed E-state index contributed by atoms with van der Waals surface area (Å²) in [6.07, 6.45) is 33.0. The van der Waals surface area contributed by atoms with Crippen LogP contribution in [0, 0.1) is 0 Å². The second kappa shape index (κ2) is 24.4. The molecule has 0 atom stereocenters. The summed E-state index contributed by atoms with van der Waals surface area (Å²) in [5, 5.41) is 0. The first-order valence-corrected chi connectivity index (χ1v) is 15.6. The van der Waals surface area contributed by atoms with Crippen LogP contribution in [-0.4, -0.2) is 24.6 Å². The quantitative estimate of drug-likeness (QED) is 0.0801. The van der Waals surface area contributed by atoms with E-state index in [0.717, 1.165) is 0 Å². The number of hydrogen-bond acceptors (Lipinski definition) is 0. The molecular weight excluding hydrogens is 470 g/mol. The van der Waals surface area contributed by atoms with E-state index in [0.29, 0.717) is 0 Å². The lowest BCUT2D eigenvalue weighted by Gasteiger charge is -2.28. The van der Waals surface area contributed by atoms with Gasteiger partial charge in [-0.2, -0.15) is 0 Å². The zero-order chi connectivity index (χ0) is 20.1. The maximum atomic E-state index is 2.39. The zero-order valence-electron chi connectivity index (χ0n) is 20.4. The molecule has 0 spiro atoms. The Kier molecular flexibility index (Phi) is 27.3. The Labute approximate surface area is 198 Å². The number of rotatable bonds is 22. The fourth-order valence-corrected chi connectivity index (χ4v) is 9.64. The lowest BCUT2D eigenvalue weighted by molar-refractivity contribution is -0.00000623. The lowest BCUT2D eigenvalue weighted by atomic mass is 10.1.